The molecule has 1 heterocycles. The van der Waals surface area contributed by atoms with Gasteiger partial charge in [0.15, 0.2) is 5.82 Å². The van der Waals surface area contributed by atoms with E-state index in [1.54, 1.807) is 6.92 Å². The van der Waals surface area contributed by atoms with Crippen molar-refractivity contribution < 1.29 is 0 Å². The number of anilines is 1. The molecule has 0 atom stereocenters. The normalized spacial score (nSPS) is 11.5. The van der Waals surface area contributed by atoms with E-state index in [-0.39, 0.29) is 0 Å². The maximum Gasteiger partial charge on any atom is 0.152 e. The topological polar surface area (TPSA) is 90.2 Å². The SMILES string of the molecule is CC(N)=Nc1cncnc1N. The Labute approximate surface area is 64.2 Å². The van der Waals surface area contributed by atoms with Crippen LogP contribution in [0.5, 0.6) is 0 Å². The number of hydrogen-bond donors (Lipinski definition) is 2. The summed E-state index contributed by atoms with van der Waals surface area (Å²) in [5, 5.41) is 0. The third kappa shape index (κ3) is 1.89. The summed E-state index contributed by atoms with van der Waals surface area (Å²) < 4.78 is 0. The molecule has 0 saturated heterocycles. The van der Waals surface area contributed by atoms with Crippen molar-refractivity contribution in [1.82, 2.24) is 9.97 Å². The van der Waals surface area contributed by atoms with E-state index in [1.807, 2.05) is 0 Å². The molecule has 58 valence electrons. The third-order valence-corrected chi connectivity index (χ3v) is 1.02. The van der Waals surface area contributed by atoms with Crippen LogP contribution in [0.4, 0.5) is 11.5 Å². The first-order valence-electron chi connectivity index (χ1n) is 3.06. The second-order valence-electron chi connectivity index (χ2n) is 2.05. The minimum absolute atomic E-state index is 0.338. The zero-order valence-electron chi connectivity index (χ0n) is 6.15. The van der Waals surface area contributed by atoms with Crippen LogP contribution in [-0.2, 0) is 0 Å². The van der Waals surface area contributed by atoms with Gasteiger partial charge < -0.3 is 11.5 Å². The van der Waals surface area contributed by atoms with Crippen molar-refractivity contribution in [2.24, 2.45) is 10.7 Å². The number of nitrogen functional groups attached to an aromatic ring is 1. The second-order valence-corrected chi connectivity index (χ2v) is 2.05. The van der Waals surface area contributed by atoms with Crippen LogP contribution in [-0.4, -0.2) is 15.8 Å². The van der Waals surface area contributed by atoms with Gasteiger partial charge in [-0.25, -0.2) is 15.0 Å². The average Bonchev–Trinajstić information content (AvgIpc) is 1.93. The first-order valence-corrected chi connectivity index (χ1v) is 3.06. The number of nitrogens with two attached hydrogens (primary N) is 2. The molecule has 0 aromatic carbocycles. The predicted molar refractivity (Wildman–Crippen MR) is 43.4 cm³/mol. The Kier molecular flexibility index (Phi) is 2.00. The summed E-state index contributed by atoms with van der Waals surface area (Å²) in [5.41, 5.74) is 11.3. The van der Waals surface area contributed by atoms with Gasteiger partial charge in [-0.2, -0.15) is 0 Å². The lowest BCUT2D eigenvalue weighted by molar-refractivity contribution is 1.16. The molecule has 0 bridgehead atoms. The van der Waals surface area contributed by atoms with Crippen LogP contribution in [0.2, 0.25) is 0 Å². The van der Waals surface area contributed by atoms with Crippen LogP contribution in [0.1, 0.15) is 6.92 Å². The van der Waals surface area contributed by atoms with Crippen molar-refractivity contribution in [1.29, 1.82) is 0 Å². The number of amidine groups is 1. The average molecular weight is 151 g/mol. The van der Waals surface area contributed by atoms with Crippen LogP contribution in [0, 0.1) is 0 Å². The molecule has 0 radical (unpaired) electrons. The van der Waals surface area contributed by atoms with E-state index >= 15 is 0 Å². The number of hydrogen-bond acceptors (Lipinski definition) is 4. The minimum atomic E-state index is 0.338. The molecular formula is C6H9N5. The maximum absolute atomic E-state index is 5.46. The van der Waals surface area contributed by atoms with E-state index in [0.717, 1.165) is 0 Å². The van der Waals surface area contributed by atoms with E-state index in [2.05, 4.69) is 15.0 Å². The van der Waals surface area contributed by atoms with E-state index in [4.69, 9.17) is 11.5 Å². The first kappa shape index (κ1) is 7.46. The lowest BCUT2D eigenvalue weighted by atomic mass is 10.5. The molecule has 0 amide bonds. The van der Waals surface area contributed by atoms with Gasteiger partial charge in [-0.05, 0) is 6.92 Å². The number of aliphatic imine (C=N–C) groups is 1. The number of aromatic nitrogens is 2. The Hall–Kier alpha value is -1.65. The van der Waals surface area contributed by atoms with Gasteiger partial charge in [-0.3, -0.25) is 0 Å². The molecule has 0 spiro atoms. The summed E-state index contributed by atoms with van der Waals surface area (Å²) in [4.78, 5) is 11.4. The highest BCUT2D eigenvalue weighted by Crippen LogP contribution is 2.15. The molecule has 1 aromatic heterocycles. The second kappa shape index (κ2) is 2.96. The summed E-state index contributed by atoms with van der Waals surface area (Å²) in [6.07, 6.45) is 2.87. The third-order valence-electron chi connectivity index (χ3n) is 1.02. The van der Waals surface area contributed by atoms with Gasteiger partial charge in [0.25, 0.3) is 0 Å². The molecule has 0 saturated carbocycles. The number of nitrogens with zero attached hydrogens (tertiary/aromatic N) is 3. The van der Waals surface area contributed by atoms with Crippen molar-refractivity contribution in [3.05, 3.63) is 12.5 Å². The van der Waals surface area contributed by atoms with Gasteiger partial charge in [-0.1, -0.05) is 0 Å². The zero-order chi connectivity index (χ0) is 8.27. The Morgan fingerprint density at radius 3 is 2.91 bits per heavy atom. The summed E-state index contributed by atoms with van der Waals surface area (Å²) in [7, 11) is 0. The van der Waals surface area contributed by atoms with Gasteiger partial charge in [0.1, 0.15) is 12.0 Å². The van der Waals surface area contributed by atoms with E-state index in [9.17, 15) is 0 Å². The van der Waals surface area contributed by atoms with Crippen molar-refractivity contribution in [2.45, 2.75) is 6.92 Å². The molecule has 0 unspecified atom stereocenters. The van der Waals surface area contributed by atoms with E-state index in [0.29, 0.717) is 17.3 Å². The molecular weight excluding hydrogens is 142 g/mol. The maximum atomic E-state index is 5.46. The predicted octanol–water partition coefficient (Wildman–Crippen LogP) is 0.0674. The standard InChI is InChI=1S/C6H9N5/c1-4(7)11-5-2-9-3-10-6(5)8/h2-3H,1H3,(H2,7,11)(H2,8,9,10). The van der Waals surface area contributed by atoms with Crippen LogP contribution < -0.4 is 11.5 Å². The number of rotatable bonds is 1. The molecule has 5 nitrogen and oxygen atoms in total. The van der Waals surface area contributed by atoms with Gasteiger partial charge in [0.2, 0.25) is 0 Å². The monoisotopic (exact) mass is 151 g/mol. The lowest BCUT2D eigenvalue weighted by Gasteiger charge is -1.96. The summed E-state index contributed by atoms with van der Waals surface area (Å²) >= 11 is 0. The van der Waals surface area contributed by atoms with Gasteiger partial charge in [-0.15, -0.1) is 0 Å². The van der Waals surface area contributed by atoms with Gasteiger partial charge in [0.05, 0.1) is 12.0 Å². The van der Waals surface area contributed by atoms with Crippen molar-refractivity contribution in [3.8, 4) is 0 Å². The molecule has 5 heteroatoms. The van der Waals surface area contributed by atoms with Gasteiger partial charge in [0, 0.05) is 0 Å². The fourth-order valence-electron chi connectivity index (χ4n) is 0.608. The molecule has 0 aliphatic carbocycles. The van der Waals surface area contributed by atoms with Crippen LogP contribution in [0.3, 0.4) is 0 Å². The van der Waals surface area contributed by atoms with Crippen LogP contribution in [0.25, 0.3) is 0 Å². The summed E-state index contributed by atoms with van der Waals surface area (Å²) in [5.74, 6) is 0.774. The molecule has 0 fully saturated rings. The fourth-order valence-corrected chi connectivity index (χ4v) is 0.608. The first-order chi connectivity index (χ1) is 5.20. The largest absolute Gasteiger partial charge is 0.387 e. The molecule has 0 aliphatic rings. The summed E-state index contributed by atoms with van der Waals surface area (Å²) in [6, 6.07) is 0. The van der Waals surface area contributed by atoms with Crippen LogP contribution >= 0.6 is 0 Å². The van der Waals surface area contributed by atoms with E-state index < -0.39 is 0 Å². The Bertz CT molecular complexity index is 276. The highest BCUT2D eigenvalue weighted by molar-refractivity contribution is 5.81. The highest BCUT2D eigenvalue weighted by atomic mass is 15.0. The zero-order valence-corrected chi connectivity index (χ0v) is 6.15. The Morgan fingerprint density at radius 1 is 1.64 bits per heavy atom. The fraction of sp³-hybridized carbons (Fsp3) is 0.167. The Morgan fingerprint density at radius 2 is 2.36 bits per heavy atom. The van der Waals surface area contributed by atoms with Crippen LogP contribution in [0.15, 0.2) is 17.5 Å². The minimum Gasteiger partial charge on any atom is -0.387 e. The summed E-state index contributed by atoms with van der Waals surface area (Å²) in [6.45, 7) is 1.67. The van der Waals surface area contributed by atoms with Crippen molar-refractivity contribution in [3.63, 3.8) is 0 Å². The quantitative estimate of drug-likeness (QED) is 0.439. The van der Waals surface area contributed by atoms with Gasteiger partial charge >= 0.3 is 0 Å². The molecule has 11 heavy (non-hydrogen) atoms. The van der Waals surface area contributed by atoms with E-state index in [1.165, 1.54) is 12.5 Å². The highest BCUT2D eigenvalue weighted by Gasteiger charge is 1.95. The Balaban J connectivity index is 3.04. The molecule has 1 aromatic rings. The lowest BCUT2D eigenvalue weighted by Crippen LogP contribution is -2.04. The smallest absolute Gasteiger partial charge is 0.152 e. The molecule has 0 aliphatic heterocycles. The molecule has 1 rings (SSSR count). The molecule has 4 N–H and O–H groups in total. The van der Waals surface area contributed by atoms with Crippen molar-refractivity contribution >= 4 is 17.3 Å². The van der Waals surface area contributed by atoms with Crippen molar-refractivity contribution in [2.75, 3.05) is 5.73 Å².